The number of halogens is 3. The molecule has 0 N–H and O–H groups in total. The monoisotopic (exact) mass is 280 g/mol. The molecule has 2 aromatic carbocycles. The first-order valence-corrected chi connectivity index (χ1v) is 6.21. The average molecular weight is 281 g/mol. The van der Waals surface area contributed by atoms with E-state index in [1.807, 2.05) is 37.3 Å². The molecule has 0 atom stereocenters. The minimum absolute atomic E-state index is 0.135. The number of rotatable bonds is 2. The van der Waals surface area contributed by atoms with Gasteiger partial charge >= 0.3 is 0 Å². The van der Waals surface area contributed by atoms with Crippen LogP contribution in [-0.2, 0) is 0 Å². The molecule has 0 spiro atoms. The van der Waals surface area contributed by atoms with Crippen molar-refractivity contribution >= 4 is 34.9 Å². The highest BCUT2D eigenvalue weighted by molar-refractivity contribution is 6.31. The molecular formula is C15H11Cl2F. The molecule has 2 aromatic rings. The summed E-state index contributed by atoms with van der Waals surface area (Å²) >= 11 is 11.5. The van der Waals surface area contributed by atoms with E-state index >= 15 is 0 Å². The second kappa shape index (κ2) is 5.55. The van der Waals surface area contributed by atoms with Gasteiger partial charge in [0.2, 0.25) is 0 Å². The van der Waals surface area contributed by atoms with Crippen molar-refractivity contribution in [2.24, 2.45) is 0 Å². The van der Waals surface area contributed by atoms with Crippen molar-refractivity contribution in [1.82, 2.24) is 0 Å². The molecule has 0 unspecified atom stereocenters. The Morgan fingerprint density at radius 3 is 2.33 bits per heavy atom. The predicted octanol–water partition coefficient (Wildman–Crippen LogP) is 5.69. The smallest absolute Gasteiger partial charge is 0.142 e. The zero-order chi connectivity index (χ0) is 13.1. The number of hydrogen-bond acceptors (Lipinski definition) is 0. The number of benzene rings is 2. The Morgan fingerprint density at radius 2 is 1.72 bits per heavy atom. The summed E-state index contributed by atoms with van der Waals surface area (Å²) in [6.07, 6.45) is 1.91. The minimum Gasteiger partial charge on any atom is -0.205 e. The number of hydrogen-bond donors (Lipinski definition) is 0. The van der Waals surface area contributed by atoms with Gasteiger partial charge in [-0.3, -0.25) is 0 Å². The van der Waals surface area contributed by atoms with Gasteiger partial charge in [0.15, 0.2) is 0 Å². The molecule has 0 aliphatic heterocycles. The molecular weight excluding hydrogens is 270 g/mol. The zero-order valence-corrected chi connectivity index (χ0v) is 11.3. The maximum absolute atomic E-state index is 13.3. The quantitative estimate of drug-likeness (QED) is 0.620. The van der Waals surface area contributed by atoms with Crippen LogP contribution in [0.5, 0.6) is 0 Å². The van der Waals surface area contributed by atoms with Crippen LogP contribution >= 0.6 is 23.2 Å². The van der Waals surface area contributed by atoms with Crippen LogP contribution in [-0.4, -0.2) is 0 Å². The van der Waals surface area contributed by atoms with Gasteiger partial charge in [-0.15, -0.1) is 0 Å². The van der Waals surface area contributed by atoms with Crippen LogP contribution < -0.4 is 0 Å². The molecule has 0 aliphatic carbocycles. The van der Waals surface area contributed by atoms with Gasteiger partial charge in [-0.1, -0.05) is 47.5 Å². The molecule has 0 aliphatic rings. The van der Waals surface area contributed by atoms with Crippen LogP contribution in [0.2, 0.25) is 10.0 Å². The SMILES string of the molecule is C/C(=C/c1ccc(Cl)c(F)c1)c1ccc(Cl)cc1. The lowest BCUT2D eigenvalue weighted by molar-refractivity contribution is 0.628. The Labute approximate surface area is 116 Å². The highest BCUT2D eigenvalue weighted by atomic mass is 35.5. The van der Waals surface area contributed by atoms with E-state index in [0.717, 1.165) is 16.7 Å². The molecule has 0 aromatic heterocycles. The second-order valence-electron chi connectivity index (χ2n) is 4.01. The normalized spacial score (nSPS) is 11.7. The summed E-state index contributed by atoms with van der Waals surface area (Å²) in [7, 11) is 0. The highest BCUT2D eigenvalue weighted by Crippen LogP contribution is 2.22. The van der Waals surface area contributed by atoms with Gasteiger partial charge in [0.1, 0.15) is 5.82 Å². The summed E-state index contributed by atoms with van der Waals surface area (Å²) < 4.78 is 13.3. The minimum atomic E-state index is -0.408. The van der Waals surface area contributed by atoms with Crippen molar-refractivity contribution in [2.75, 3.05) is 0 Å². The van der Waals surface area contributed by atoms with Crippen LogP contribution in [0, 0.1) is 5.82 Å². The molecule has 0 radical (unpaired) electrons. The van der Waals surface area contributed by atoms with Gasteiger partial charge in [-0.2, -0.15) is 0 Å². The van der Waals surface area contributed by atoms with E-state index in [0.29, 0.717) is 5.02 Å². The van der Waals surface area contributed by atoms with E-state index < -0.39 is 5.82 Å². The van der Waals surface area contributed by atoms with E-state index in [4.69, 9.17) is 23.2 Å². The molecule has 0 amide bonds. The molecule has 0 saturated carbocycles. The fourth-order valence-electron chi connectivity index (χ4n) is 1.65. The largest absolute Gasteiger partial charge is 0.205 e. The van der Waals surface area contributed by atoms with Gasteiger partial charge in [-0.05, 0) is 47.9 Å². The fourth-order valence-corrected chi connectivity index (χ4v) is 1.89. The Balaban J connectivity index is 2.32. The summed E-state index contributed by atoms with van der Waals surface area (Å²) in [4.78, 5) is 0. The van der Waals surface area contributed by atoms with Gasteiger partial charge < -0.3 is 0 Å². The topological polar surface area (TPSA) is 0 Å². The predicted molar refractivity (Wildman–Crippen MR) is 76.4 cm³/mol. The van der Waals surface area contributed by atoms with Crippen LogP contribution in [0.25, 0.3) is 11.6 Å². The summed E-state index contributed by atoms with van der Waals surface area (Å²) in [6, 6.07) is 12.3. The van der Waals surface area contributed by atoms with Crippen molar-refractivity contribution in [1.29, 1.82) is 0 Å². The maximum atomic E-state index is 13.3. The summed E-state index contributed by atoms with van der Waals surface area (Å²) in [6.45, 7) is 1.97. The molecule has 0 heterocycles. The molecule has 3 heteroatoms. The second-order valence-corrected chi connectivity index (χ2v) is 4.85. The van der Waals surface area contributed by atoms with E-state index in [2.05, 4.69) is 0 Å². The molecule has 92 valence electrons. The Hall–Kier alpha value is -1.31. The Bertz CT molecular complexity index is 586. The lowest BCUT2D eigenvalue weighted by Crippen LogP contribution is -1.82. The van der Waals surface area contributed by atoms with Crippen LogP contribution in [0.3, 0.4) is 0 Å². The van der Waals surface area contributed by atoms with Gasteiger partial charge in [0.05, 0.1) is 5.02 Å². The fraction of sp³-hybridized carbons (Fsp3) is 0.0667. The van der Waals surface area contributed by atoms with Crippen molar-refractivity contribution in [2.45, 2.75) is 6.92 Å². The summed E-state index contributed by atoms with van der Waals surface area (Å²) in [5, 5.41) is 0.834. The summed E-state index contributed by atoms with van der Waals surface area (Å²) in [5.41, 5.74) is 2.87. The lowest BCUT2D eigenvalue weighted by Gasteiger charge is -2.03. The molecule has 0 nitrogen and oxygen atoms in total. The zero-order valence-electron chi connectivity index (χ0n) is 9.75. The average Bonchev–Trinajstić information content (AvgIpc) is 2.34. The highest BCUT2D eigenvalue weighted by Gasteiger charge is 2.01. The van der Waals surface area contributed by atoms with Gasteiger partial charge in [-0.25, -0.2) is 4.39 Å². The first-order chi connectivity index (χ1) is 8.56. The third-order valence-electron chi connectivity index (χ3n) is 2.63. The Morgan fingerprint density at radius 1 is 1.06 bits per heavy atom. The standard InChI is InChI=1S/C15H11Cl2F/c1-10(12-3-5-13(16)6-4-12)8-11-2-7-14(17)15(18)9-11/h2-9H,1H3/b10-8-. The molecule has 0 saturated heterocycles. The van der Waals surface area contributed by atoms with Crippen molar-refractivity contribution in [3.8, 4) is 0 Å². The third kappa shape index (κ3) is 3.12. The third-order valence-corrected chi connectivity index (χ3v) is 3.18. The molecule has 18 heavy (non-hydrogen) atoms. The van der Waals surface area contributed by atoms with Crippen molar-refractivity contribution < 1.29 is 4.39 Å². The number of allylic oxidation sites excluding steroid dienone is 1. The molecule has 0 fully saturated rings. The van der Waals surface area contributed by atoms with E-state index in [-0.39, 0.29) is 5.02 Å². The summed E-state index contributed by atoms with van der Waals surface area (Å²) in [5.74, 6) is -0.408. The maximum Gasteiger partial charge on any atom is 0.142 e. The van der Waals surface area contributed by atoms with Crippen molar-refractivity contribution in [3.05, 3.63) is 69.5 Å². The van der Waals surface area contributed by atoms with Gasteiger partial charge in [0, 0.05) is 5.02 Å². The van der Waals surface area contributed by atoms with Crippen LogP contribution in [0.4, 0.5) is 4.39 Å². The first-order valence-electron chi connectivity index (χ1n) is 5.45. The van der Waals surface area contributed by atoms with Gasteiger partial charge in [0.25, 0.3) is 0 Å². The molecule has 0 bridgehead atoms. The van der Waals surface area contributed by atoms with E-state index in [9.17, 15) is 4.39 Å². The van der Waals surface area contributed by atoms with Crippen LogP contribution in [0.15, 0.2) is 42.5 Å². The molecule has 2 rings (SSSR count). The Kier molecular flexibility index (Phi) is 4.05. The lowest BCUT2D eigenvalue weighted by atomic mass is 10.0. The van der Waals surface area contributed by atoms with Crippen LogP contribution in [0.1, 0.15) is 18.1 Å². The van der Waals surface area contributed by atoms with E-state index in [1.165, 1.54) is 6.07 Å². The van der Waals surface area contributed by atoms with E-state index in [1.54, 1.807) is 12.1 Å². The first kappa shape index (κ1) is 13.1. The van der Waals surface area contributed by atoms with Crippen molar-refractivity contribution in [3.63, 3.8) is 0 Å².